The Bertz CT molecular complexity index is 893. The van der Waals surface area contributed by atoms with Crippen LogP contribution in [0.1, 0.15) is 38.9 Å². The monoisotopic (exact) mass is 319 g/mol. The van der Waals surface area contributed by atoms with Crippen LogP contribution in [-0.4, -0.2) is 21.1 Å². The number of carbonyl (C=O) groups excluding carboxylic acids is 2. The molecule has 114 valence electrons. The molecule has 3 rings (SSSR count). The summed E-state index contributed by atoms with van der Waals surface area (Å²) < 4.78 is 9.71. The van der Waals surface area contributed by atoms with Gasteiger partial charge in [-0.2, -0.15) is 0 Å². The fourth-order valence-electron chi connectivity index (χ4n) is 2.79. The molecule has 2 aromatic rings. The first kappa shape index (κ1) is 13.6. The number of benzene rings is 1. The highest BCUT2D eigenvalue weighted by Gasteiger charge is 2.28. The predicted octanol–water partition coefficient (Wildman–Crippen LogP) is 2.61. The number of carbonyl (C=O) groups is 2. The van der Waals surface area contributed by atoms with Gasteiger partial charge in [-0.1, -0.05) is 11.6 Å². The van der Waals surface area contributed by atoms with Crippen LogP contribution in [0.5, 0.6) is 0 Å². The van der Waals surface area contributed by atoms with E-state index in [1.807, 2.05) is 0 Å². The molecule has 1 aliphatic rings. The molecule has 0 saturated heterocycles. The molecule has 0 amide bonds. The van der Waals surface area contributed by atoms with Crippen LogP contribution in [0.15, 0.2) is 23.0 Å². The van der Waals surface area contributed by atoms with Gasteiger partial charge in [0.05, 0.1) is 24.7 Å². The first-order valence-electron chi connectivity index (χ1n) is 7.57. The zero-order valence-corrected chi connectivity index (χ0v) is 12.8. The van der Waals surface area contributed by atoms with E-state index in [2.05, 4.69) is 4.98 Å². The van der Waals surface area contributed by atoms with Gasteiger partial charge in [-0.05, 0) is 38.0 Å². The Morgan fingerprint density at radius 3 is 2.91 bits per heavy atom. The first-order valence-corrected chi connectivity index (χ1v) is 7.45. The van der Waals surface area contributed by atoms with E-state index in [1.54, 1.807) is 25.1 Å². The number of Topliss-reactive ketones (excluding diaryl/α,β-unsaturated/α-hetero) is 2. The van der Waals surface area contributed by atoms with Crippen molar-refractivity contribution in [2.45, 2.75) is 38.6 Å². The number of aryl methyl sites for hydroxylation is 1. The van der Waals surface area contributed by atoms with Crippen LogP contribution < -0.4 is 5.56 Å². The number of hydrogen-bond donors (Lipinski definition) is 0. The van der Waals surface area contributed by atoms with Crippen LogP contribution in [0.25, 0.3) is 10.9 Å². The van der Waals surface area contributed by atoms with Crippen molar-refractivity contribution in [1.82, 2.24) is 9.55 Å². The lowest BCUT2D eigenvalue weighted by Crippen LogP contribution is -2.32. The van der Waals surface area contributed by atoms with Crippen molar-refractivity contribution in [3.8, 4) is 0 Å². The second kappa shape index (κ2) is 5.65. The van der Waals surface area contributed by atoms with Gasteiger partial charge in [0.25, 0.3) is 5.56 Å². The normalized spacial score (nSPS) is 23.5. The molecule has 1 saturated carbocycles. The molecular weight excluding hydrogens is 304 g/mol. The minimum atomic E-state index is -1.78. The van der Waals surface area contributed by atoms with Gasteiger partial charge in [-0.3, -0.25) is 19.0 Å². The van der Waals surface area contributed by atoms with E-state index in [0.717, 1.165) is 4.57 Å². The summed E-state index contributed by atoms with van der Waals surface area (Å²) in [6.45, 7) is 1.58. The maximum Gasteiger partial charge on any atom is 0.262 e. The van der Waals surface area contributed by atoms with Gasteiger partial charge >= 0.3 is 0 Å². The Balaban J connectivity index is 2.26. The molecule has 6 heteroatoms. The molecule has 1 aromatic carbocycles. The second-order valence-electron chi connectivity index (χ2n) is 5.40. The van der Waals surface area contributed by atoms with E-state index < -0.39 is 17.4 Å². The zero-order valence-electron chi connectivity index (χ0n) is 13.1. The highest BCUT2D eigenvalue weighted by molar-refractivity contribution is 6.31. The van der Waals surface area contributed by atoms with Gasteiger partial charge in [0, 0.05) is 11.4 Å². The molecule has 0 bridgehead atoms. The van der Waals surface area contributed by atoms with E-state index in [9.17, 15) is 14.4 Å². The van der Waals surface area contributed by atoms with Crippen LogP contribution in [0.4, 0.5) is 0 Å². The Kier molecular flexibility index (Phi) is 3.50. The van der Waals surface area contributed by atoms with Crippen LogP contribution in [-0.2, 0) is 9.59 Å². The second-order valence-corrected chi connectivity index (χ2v) is 5.84. The number of nitrogens with zero attached hydrogens (tertiary/aromatic N) is 2. The molecular formula is C16H15ClN2O3. The average Bonchev–Trinajstić information content (AvgIpc) is 2.58. The number of aromatic nitrogens is 2. The third-order valence-corrected chi connectivity index (χ3v) is 4.05. The molecule has 1 heterocycles. The molecule has 0 spiro atoms. The number of fused-ring (bicyclic) bond motifs is 1. The van der Waals surface area contributed by atoms with Crippen LogP contribution in [0.3, 0.4) is 0 Å². The summed E-state index contributed by atoms with van der Waals surface area (Å²) in [5.41, 5.74) is -0.0288. The largest absolute Gasteiger partial charge is 0.299 e. The number of ketones is 2. The Morgan fingerprint density at radius 1 is 1.36 bits per heavy atom. The fourth-order valence-corrected chi connectivity index (χ4v) is 2.95. The first-order chi connectivity index (χ1) is 10.8. The Hall–Kier alpha value is -2.01. The molecule has 1 atom stereocenters. The molecule has 1 aliphatic carbocycles. The predicted molar refractivity (Wildman–Crippen MR) is 83.3 cm³/mol. The minimum absolute atomic E-state index is 0.124. The van der Waals surface area contributed by atoms with Crippen molar-refractivity contribution >= 4 is 34.1 Å². The molecule has 22 heavy (non-hydrogen) atoms. The molecule has 5 nitrogen and oxygen atoms in total. The van der Waals surface area contributed by atoms with E-state index in [1.165, 1.54) is 0 Å². The number of rotatable bonds is 1. The van der Waals surface area contributed by atoms with Gasteiger partial charge in [0.2, 0.25) is 0 Å². The Morgan fingerprint density at radius 2 is 2.14 bits per heavy atom. The topological polar surface area (TPSA) is 69.0 Å². The lowest BCUT2D eigenvalue weighted by Gasteiger charge is -2.19. The lowest BCUT2D eigenvalue weighted by molar-refractivity contribution is -0.127. The van der Waals surface area contributed by atoms with E-state index in [0.29, 0.717) is 22.3 Å². The molecule has 0 radical (unpaired) electrons. The van der Waals surface area contributed by atoms with Crippen molar-refractivity contribution in [2.24, 2.45) is 0 Å². The van der Waals surface area contributed by atoms with E-state index in [-0.39, 0.29) is 30.9 Å². The summed E-state index contributed by atoms with van der Waals surface area (Å²) in [6.07, 6.45) is 0.475. The zero-order chi connectivity index (χ0) is 16.8. The fraction of sp³-hybridized carbons (Fsp3) is 0.375. The number of hydrogen-bond acceptors (Lipinski definition) is 4. The summed E-state index contributed by atoms with van der Waals surface area (Å²) in [6, 6.07) is 2.90. The Labute approximate surface area is 133 Å². The maximum absolute atomic E-state index is 12.8. The van der Waals surface area contributed by atoms with Gasteiger partial charge in [-0.15, -0.1) is 0 Å². The smallest absolute Gasteiger partial charge is 0.262 e. The van der Waals surface area contributed by atoms with Crippen molar-refractivity contribution in [2.75, 3.05) is 0 Å². The molecule has 1 aromatic heterocycles. The minimum Gasteiger partial charge on any atom is -0.299 e. The summed E-state index contributed by atoms with van der Waals surface area (Å²) in [7, 11) is 0. The molecule has 0 N–H and O–H groups in total. The maximum atomic E-state index is 12.8. The summed E-state index contributed by atoms with van der Waals surface area (Å²) >= 11 is 5.92. The van der Waals surface area contributed by atoms with Gasteiger partial charge in [0.15, 0.2) is 5.78 Å². The summed E-state index contributed by atoms with van der Waals surface area (Å²) in [5.74, 6) is -0.474. The highest BCUT2D eigenvalue weighted by Crippen LogP contribution is 2.24. The third kappa shape index (κ3) is 2.57. The van der Waals surface area contributed by atoms with Gasteiger partial charge in [-0.25, -0.2) is 4.98 Å². The van der Waals surface area contributed by atoms with Gasteiger partial charge < -0.3 is 0 Å². The SMILES string of the molecule is [2H][C@]1(n2c(C)nc3cc(Cl)ccc3c2=O)CCCC(=O)CC1=O. The van der Waals surface area contributed by atoms with Crippen LogP contribution in [0, 0.1) is 6.92 Å². The van der Waals surface area contributed by atoms with E-state index in [4.69, 9.17) is 13.0 Å². The van der Waals surface area contributed by atoms with Gasteiger partial charge in [0.1, 0.15) is 11.6 Å². The van der Waals surface area contributed by atoms with Crippen molar-refractivity contribution < 1.29 is 11.0 Å². The van der Waals surface area contributed by atoms with Crippen molar-refractivity contribution in [3.05, 3.63) is 39.4 Å². The average molecular weight is 320 g/mol. The summed E-state index contributed by atoms with van der Waals surface area (Å²) in [4.78, 5) is 41.2. The molecule has 1 fully saturated rings. The third-order valence-electron chi connectivity index (χ3n) is 3.82. The summed E-state index contributed by atoms with van der Waals surface area (Å²) in [5, 5.41) is 0.758. The van der Waals surface area contributed by atoms with Crippen LogP contribution >= 0.6 is 11.6 Å². The standard InChI is InChI=1S/C16H15ClN2O3/c1-9-18-13-7-10(17)5-6-12(13)16(22)19(9)14-4-2-3-11(20)8-15(14)21/h5-7,14H,2-4,8H2,1H3/t14-/m0/s1/i14D. The molecule has 0 unspecified atom stereocenters. The number of halogens is 1. The highest BCUT2D eigenvalue weighted by atomic mass is 35.5. The quantitative estimate of drug-likeness (QED) is 0.598. The van der Waals surface area contributed by atoms with Crippen molar-refractivity contribution in [1.29, 1.82) is 0 Å². The van der Waals surface area contributed by atoms with Crippen molar-refractivity contribution in [3.63, 3.8) is 0 Å². The van der Waals surface area contributed by atoms with Crippen LogP contribution in [0.2, 0.25) is 5.02 Å². The molecule has 0 aliphatic heterocycles. The lowest BCUT2D eigenvalue weighted by atomic mass is 10.1. The van der Waals surface area contributed by atoms with E-state index >= 15 is 0 Å².